The predicted molar refractivity (Wildman–Crippen MR) is 79.8 cm³/mol. The molecule has 1 amide bonds. The van der Waals surface area contributed by atoms with Crippen LogP contribution in [0.1, 0.15) is 25.5 Å². The first-order chi connectivity index (χ1) is 9.43. The molecule has 0 saturated heterocycles. The van der Waals surface area contributed by atoms with Gasteiger partial charge in [-0.05, 0) is 32.0 Å². The zero-order chi connectivity index (χ0) is 15.1. The number of ether oxygens (including phenoxy) is 2. The number of rotatable bonds is 7. The summed E-state index contributed by atoms with van der Waals surface area (Å²) >= 11 is 3.33. The Morgan fingerprint density at radius 1 is 1.45 bits per heavy atom. The number of hydrogen-bond acceptors (Lipinski definition) is 4. The zero-order valence-electron chi connectivity index (χ0n) is 11.9. The Kier molecular flexibility index (Phi) is 6.98. The molecular formula is C14H20BrNO4. The van der Waals surface area contributed by atoms with E-state index < -0.39 is 6.10 Å². The Bertz CT molecular complexity index is 451. The summed E-state index contributed by atoms with van der Waals surface area (Å²) in [7, 11) is 1.58. The molecule has 1 rings (SSSR count). The van der Waals surface area contributed by atoms with Crippen molar-refractivity contribution in [2.45, 2.75) is 26.0 Å². The second kappa shape index (κ2) is 8.24. The Morgan fingerprint density at radius 2 is 2.15 bits per heavy atom. The van der Waals surface area contributed by atoms with Crippen LogP contribution in [0.15, 0.2) is 22.7 Å². The standard InChI is InChI=1S/C14H20BrNO4/c1-9(7-19-3)16-14(18)8-20-13-5-4-11(15)6-12(13)10(2)17/h4-6,9-10,17H,7-8H2,1-3H3,(H,16,18). The van der Waals surface area contributed by atoms with Crippen LogP contribution in [0.2, 0.25) is 0 Å². The Morgan fingerprint density at radius 3 is 2.75 bits per heavy atom. The van der Waals surface area contributed by atoms with Crippen molar-refractivity contribution in [1.82, 2.24) is 5.32 Å². The number of hydrogen-bond donors (Lipinski definition) is 2. The molecular weight excluding hydrogens is 326 g/mol. The molecule has 0 aliphatic carbocycles. The van der Waals surface area contributed by atoms with Crippen LogP contribution in [0.25, 0.3) is 0 Å². The van der Waals surface area contributed by atoms with Gasteiger partial charge >= 0.3 is 0 Å². The summed E-state index contributed by atoms with van der Waals surface area (Å²) in [6, 6.07) is 5.22. The normalized spacial score (nSPS) is 13.7. The largest absolute Gasteiger partial charge is 0.483 e. The minimum atomic E-state index is -0.669. The molecule has 5 nitrogen and oxygen atoms in total. The highest BCUT2D eigenvalue weighted by atomic mass is 79.9. The van der Waals surface area contributed by atoms with E-state index in [0.29, 0.717) is 17.9 Å². The van der Waals surface area contributed by atoms with Crippen molar-refractivity contribution in [2.75, 3.05) is 20.3 Å². The summed E-state index contributed by atoms with van der Waals surface area (Å²) in [5, 5.41) is 12.4. The average Bonchev–Trinajstić information content (AvgIpc) is 2.37. The highest BCUT2D eigenvalue weighted by Gasteiger charge is 2.12. The topological polar surface area (TPSA) is 67.8 Å². The molecule has 0 bridgehead atoms. The lowest BCUT2D eigenvalue weighted by Crippen LogP contribution is -2.38. The maximum Gasteiger partial charge on any atom is 0.258 e. The van der Waals surface area contributed by atoms with E-state index in [1.54, 1.807) is 32.2 Å². The van der Waals surface area contributed by atoms with Gasteiger partial charge in [0.05, 0.1) is 12.7 Å². The van der Waals surface area contributed by atoms with Gasteiger partial charge in [0.2, 0.25) is 0 Å². The van der Waals surface area contributed by atoms with E-state index in [0.717, 1.165) is 4.47 Å². The van der Waals surface area contributed by atoms with Gasteiger partial charge in [-0.1, -0.05) is 15.9 Å². The van der Waals surface area contributed by atoms with Gasteiger partial charge in [0, 0.05) is 23.2 Å². The van der Waals surface area contributed by atoms with E-state index in [1.165, 1.54) is 0 Å². The number of aliphatic hydroxyl groups excluding tert-OH is 1. The number of carbonyl (C=O) groups is 1. The summed E-state index contributed by atoms with van der Waals surface area (Å²) in [6.45, 7) is 3.84. The Hall–Kier alpha value is -1.11. The van der Waals surface area contributed by atoms with Gasteiger partial charge in [-0.3, -0.25) is 4.79 Å². The Labute approximate surface area is 127 Å². The van der Waals surface area contributed by atoms with E-state index in [1.807, 2.05) is 6.92 Å². The van der Waals surface area contributed by atoms with Gasteiger partial charge in [0.25, 0.3) is 5.91 Å². The molecule has 1 aromatic carbocycles. The first kappa shape index (κ1) is 16.9. The number of aliphatic hydroxyl groups is 1. The number of benzene rings is 1. The van der Waals surface area contributed by atoms with Crippen molar-refractivity contribution < 1.29 is 19.4 Å². The summed E-state index contributed by atoms with van der Waals surface area (Å²) < 4.78 is 11.2. The monoisotopic (exact) mass is 345 g/mol. The van der Waals surface area contributed by atoms with Crippen LogP contribution < -0.4 is 10.1 Å². The molecule has 0 fully saturated rings. The fraction of sp³-hybridized carbons (Fsp3) is 0.500. The first-order valence-corrected chi connectivity index (χ1v) is 7.12. The minimum absolute atomic E-state index is 0.0720. The number of amides is 1. The van der Waals surface area contributed by atoms with Crippen molar-refractivity contribution in [1.29, 1.82) is 0 Å². The lowest BCUT2D eigenvalue weighted by molar-refractivity contribution is -0.124. The molecule has 2 atom stereocenters. The molecule has 0 radical (unpaired) electrons. The maximum atomic E-state index is 11.7. The fourth-order valence-electron chi connectivity index (χ4n) is 1.73. The van der Waals surface area contributed by atoms with Crippen molar-refractivity contribution in [3.8, 4) is 5.75 Å². The smallest absolute Gasteiger partial charge is 0.258 e. The molecule has 2 unspecified atom stereocenters. The second-order valence-electron chi connectivity index (χ2n) is 4.57. The zero-order valence-corrected chi connectivity index (χ0v) is 13.4. The van der Waals surface area contributed by atoms with Crippen LogP contribution in [-0.4, -0.2) is 37.4 Å². The van der Waals surface area contributed by atoms with Gasteiger partial charge in [-0.15, -0.1) is 0 Å². The van der Waals surface area contributed by atoms with Gasteiger partial charge in [0.1, 0.15) is 5.75 Å². The fourth-order valence-corrected chi connectivity index (χ4v) is 2.11. The van der Waals surface area contributed by atoms with Crippen LogP contribution in [-0.2, 0) is 9.53 Å². The summed E-state index contributed by atoms with van der Waals surface area (Å²) in [5.74, 6) is 0.270. The molecule has 0 heterocycles. The minimum Gasteiger partial charge on any atom is -0.483 e. The van der Waals surface area contributed by atoms with Crippen LogP contribution in [0.5, 0.6) is 5.75 Å². The van der Waals surface area contributed by atoms with Crippen molar-refractivity contribution in [3.63, 3.8) is 0 Å². The second-order valence-corrected chi connectivity index (χ2v) is 5.49. The first-order valence-electron chi connectivity index (χ1n) is 6.32. The molecule has 20 heavy (non-hydrogen) atoms. The SMILES string of the molecule is COCC(C)NC(=O)COc1ccc(Br)cc1C(C)O. The van der Waals surface area contributed by atoms with E-state index >= 15 is 0 Å². The number of carbonyl (C=O) groups excluding carboxylic acids is 1. The van der Waals surface area contributed by atoms with Crippen LogP contribution in [0.4, 0.5) is 0 Å². The molecule has 0 aromatic heterocycles. The lowest BCUT2D eigenvalue weighted by atomic mass is 10.1. The molecule has 0 aliphatic heterocycles. The van der Waals surface area contributed by atoms with Gasteiger partial charge in [0.15, 0.2) is 6.61 Å². The molecule has 112 valence electrons. The van der Waals surface area contributed by atoms with Gasteiger partial charge in [-0.2, -0.15) is 0 Å². The molecule has 0 aliphatic rings. The van der Waals surface area contributed by atoms with E-state index in [-0.39, 0.29) is 18.6 Å². The third-order valence-electron chi connectivity index (χ3n) is 2.60. The molecule has 2 N–H and O–H groups in total. The molecule has 1 aromatic rings. The predicted octanol–water partition coefficient (Wildman–Crippen LogP) is 2.03. The number of methoxy groups -OCH3 is 1. The van der Waals surface area contributed by atoms with Crippen LogP contribution in [0.3, 0.4) is 0 Å². The lowest BCUT2D eigenvalue weighted by Gasteiger charge is -2.16. The van der Waals surface area contributed by atoms with E-state index in [2.05, 4.69) is 21.2 Å². The van der Waals surface area contributed by atoms with Crippen molar-refractivity contribution in [3.05, 3.63) is 28.2 Å². The van der Waals surface area contributed by atoms with Crippen molar-refractivity contribution >= 4 is 21.8 Å². The van der Waals surface area contributed by atoms with E-state index in [4.69, 9.17) is 9.47 Å². The average molecular weight is 346 g/mol. The maximum absolute atomic E-state index is 11.7. The molecule has 0 spiro atoms. The molecule has 0 saturated carbocycles. The highest BCUT2D eigenvalue weighted by Crippen LogP contribution is 2.28. The summed E-state index contributed by atoms with van der Waals surface area (Å²) in [6.07, 6.45) is -0.669. The number of halogens is 1. The third kappa shape index (κ3) is 5.48. The quantitative estimate of drug-likeness (QED) is 0.793. The van der Waals surface area contributed by atoms with Gasteiger partial charge in [-0.25, -0.2) is 0 Å². The van der Waals surface area contributed by atoms with Crippen LogP contribution in [0, 0.1) is 0 Å². The summed E-state index contributed by atoms with van der Waals surface area (Å²) in [4.78, 5) is 11.7. The van der Waals surface area contributed by atoms with Gasteiger partial charge < -0.3 is 19.9 Å². The Balaban J connectivity index is 2.59. The van der Waals surface area contributed by atoms with Crippen LogP contribution >= 0.6 is 15.9 Å². The number of nitrogens with one attached hydrogen (secondary N) is 1. The molecule has 6 heteroatoms. The van der Waals surface area contributed by atoms with Crippen molar-refractivity contribution in [2.24, 2.45) is 0 Å². The summed E-state index contributed by atoms with van der Waals surface area (Å²) in [5.41, 5.74) is 0.636. The highest BCUT2D eigenvalue weighted by molar-refractivity contribution is 9.10. The third-order valence-corrected chi connectivity index (χ3v) is 3.10. The van der Waals surface area contributed by atoms with E-state index in [9.17, 15) is 9.90 Å².